The van der Waals surface area contributed by atoms with Crippen LogP contribution >= 0.6 is 12.4 Å². The molecule has 188 valence electrons. The summed E-state index contributed by atoms with van der Waals surface area (Å²) in [4.78, 5) is 15.0. The summed E-state index contributed by atoms with van der Waals surface area (Å²) in [5, 5.41) is 7.41. The number of methoxy groups -OCH3 is 1. The molecule has 0 bridgehead atoms. The molecule has 8 heteroatoms. The monoisotopic (exact) mass is 491 g/mol. The van der Waals surface area contributed by atoms with E-state index in [-0.39, 0.29) is 36.2 Å². The lowest BCUT2D eigenvalue weighted by Gasteiger charge is -2.31. The maximum Gasteiger partial charge on any atom is 0.258 e. The number of carbonyl (C=O) groups excluding carboxylic acids is 1. The van der Waals surface area contributed by atoms with Gasteiger partial charge in [0.15, 0.2) is 0 Å². The number of unbranched alkanes of at least 4 members (excludes halogenated alkanes) is 2. The van der Waals surface area contributed by atoms with Crippen LogP contribution < -0.4 is 19.9 Å². The van der Waals surface area contributed by atoms with Gasteiger partial charge in [-0.3, -0.25) is 10.2 Å². The molecule has 0 unspecified atom stereocenters. The van der Waals surface area contributed by atoms with E-state index in [0.29, 0.717) is 35.8 Å². The Balaban J connectivity index is 0.00000578. The molecule has 0 aliphatic carbocycles. The van der Waals surface area contributed by atoms with Crippen LogP contribution in [0.4, 0.5) is 0 Å². The van der Waals surface area contributed by atoms with Crippen LogP contribution in [-0.4, -0.2) is 49.0 Å². The normalized spacial score (nSPS) is 10.6. The molecule has 7 nitrogen and oxygen atoms in total. The largest absolute Gasteiger partial charge is 0.496 e. The molecular weight excluding hydrogens is 454 g/mol. The Kier molecular flexibility index (Phi) is 12.3. The van der Waals surface area contributed by atoms with Crippen LogP contribution in [0.1, 0.15) is 62.9 Å². The molecule has 0 saturated heterocycles. The van der Waals surface area contributed by atoms with E-state index in [9.17, 15) is 4.79 Å². The quantitative estimate of drug-likeness (QED) is 0.225. The third kappa shape index (κ3) is 8.45. The van der Waals surface area contributed by atoms with Crippen LogP contribution in [-0.2, 0) is 0 Å². The molecule has 0 radical (unpaired) electrons. The van der Waals surface area contributed by atoms with E-state index in [1.165, 1.54) is 0 Å². The van der Waals surface area contributed by atoms with Crippen molar-refractivity contribution in [2.24, 2.45) is 5.73 Å². The van der Waals surface area contributed by atoms with Crippen molar-refractivity contribution in [3.05, 3.63) is 53.6 Å². The molecular formula is C26H38ClN3O4. The highest BCUT2D eigenvalue weighted by Gasteiger charge is 2.24. The summed E-state index contributed by atoms with van der Waals surface area (Å²) >= 11 is 0. The van der Waals surface area contributed by atoms with Gasteiger partial charge in [-0.15, -0.1) is 12.4 Å². The van der Waals surface area contributed by atoms with Gasteiger partial charge in [-0.1, -0.05) is 0 Å². The second kappa shape index (κ2) is 14.4. The Morgan fingerprint density at radius 2 is 1.44 bits per heavy atom. The van der Waals surface area contributed by atoms with Gasteiger partial charge in [0, 0.05) is 17.6 Å². The third-order valence-electron chi connectivity index (χ3n) is 5.24. The minimum Gasteiger partial charge on any atom is -0.496 e. The highest BCUT2D eigenvalue weighted by molar-refractivity contribution is 5.97. The van der Waals surface area contributed by atoms with Gasteiger partial charge >= 0.3 is 0 Å². The lowest BCUT2D eigenvalue weighted by atomic mass is 10.1. The fourth-order valence-corrected chi connectivity index (χ4v) is 3.64. The van der Waals surface area contributed by atoms with Crippen LogP contribution in [0.2, 0.25) is 0 Å². The summed E-state index contributed by atoms with van der Waals surface area (Å²) < 4.78 is 17.0. The number of ether oxygens (including phenoxy) is 3. The first-order chi connectivity index (χ1) is 15.7. The van der Waals surface area contributed by atoms with Crippen molar-refractivity contribution in [3.8, 4) is 17.2 Å². The zero-order chi connectivity index (χ0) is 24.4. The number of nitrogens with two attached hydrogens (primary N) is 1. The molecule has 0 spiro atoms. The first-order valence-electron chi connectivity index (χ1n) is 11.4. The lowest BCUT2D eigenvalue weighted by molar-refractivity contribution is 0.0639. The van der Waals surface area contributed by atoms with Crippen molar-refractivity contribution in [2.45, 2.75) is 59.0 Å². The van der Waals surface area contributed by atoms with E-state index in [1.54, 1.807) is 31.4 Å². The molecule has 34 heavy (non-hydrogen) atoms. The highest BCUT2D eigenvalue weighted by atomic mass is 35.5. The van der Waals surface area contributed by atoms with Crippen LogP contribution in [0.3, 0.4) is 0 Å². The van der Waals surface area contributed by atoms with Gasteiger partial charge in [0.2, 0.25) is 0 Å². The Labute approximate surface area is 209 Å². The first kappa shape index (κ1) is 29.1. The van der Waals surface area contributed by atoms with Gasteiger partial charge in [-0.05, 0) is 89.4 Å². The molecule has 0 aliphatic rings. The molecule has 0 fully saturated rings. The highest BCUT2D eigenvalue weighted by Crippen LogP contribution is 2.27. The standard InChI is InChI=1S/C26H37N3O4.ClH/c1-18(2)29(19(3)4)26(30)23-17-22(13-14-24(23)31-5)33-16-8-6-7-15-32-21-11-9-20(10-12-21)25(27)28;/h9-14,17-19H,6-8,15-16H2,1-5H3,(H3,27,28);1H. The number of carbonyl (C=O) groups is 1. The lowest BCUT2D eigenvalue weighted by Crippen LogP contribution is -2.42. The van der Waals surface area contributed by atoms with Crippen LogP contribution in [0.5, 0.6) is 17.2 Å². The van der Waals surface area contributed by atoms with E-state index in [4.69, 9.17) is 25.4 Å². The molecule has 0 aromatic heterocycles. The topological polar surface area (TPSA) is 97.9 Å². The minimum atomic E-state index is -0.0595. The number of benzene rings is 2. The van der Waals surface area contributed by atoms with E-state index >= 15 is 0 Å². The average molecular weight is 492 g/mol. The fraction of sp³-hybridized carbons (Fsp3) is 0.462. The van der Waals surface area contributed by atoms with Crippen molar-refractivity contribution >= 4 is 24.1 Å². The van der Waals surface area contributed by atoms with E-state index < -0.39 is 0 Å². The molecule has 0 atom stereocenters. The molecule has 1 amide bonds. The number of amides is 1. The fourth-order valence-electron chi connectivity index (χ4n) is 3.64. The molecule has 0 aliphatic heterocycles. The van der Waals surface area contributed by atoms with Gasteiger partial charge in [0.05, 0.1) is 25.9 Å². The third-order valence-corrected chi connectivity index (χ3v) is 5.24. The number of hydrogen-bond donors (Lipinski definition) is 2. The predicted molar refractivity (Wildman–Crippen MR) is 139 cm³/mol. The van der Waals surface area contributed by atoms with Gasteiger partial charge in [0.1, 0.15) is 23.1 Å². The first-order valence-corrected chi connectivity index (χ1v) is 11.4. The van der Waals surface area contributed by atoms with Crippen LogP contribution in [0.15, 0.2) is 42.5 Å². The number of nitrogens with zero attached hydrogens (tertiary/aromatic N) is 1. The maximum atomic E-state index is 13.1. The second-order valence-corrected chi connectivity index (χ2v) is 8.46. The van der Waals surface area contributed by atoms with E-state index in [1.807, 2.05) is 50.8 Å². The zero-order valence-electron chi connectivity index (χ0n) is 20.8. The predicted octanol–water partition coefficient (Wildman–Crippen LogP) is 5.29. The molecule has 2 rings (SSSR count). The Morgan fingerprint density at radius 1 is 0.912 bits per heavy atom. The SMILES string of the molecule is COc1ccc(OCCCCCOc2ccc(C(=N)N)cc2)cc1C(=O)N(C(C)C)C(C)C.Cl. The number of nitrogen functional groups attached to an aromatic ring is 1. The minimum absolute atomic E-state index is 0. The summed E-state index contributed by atoms with van der Waals surface area (Å²) in [5.74, 6) is 1.96. The van der Waals surface area contributed by atoms with Gasteiger partial charge in [0.25, 0.3) is 5.91 Å². The smallest absolute Gasteiger partial charge is 0.258 e. The summed E-state index contributed by atoms with van der Waals surface area (Å²) in [6.07, 6.45) is 2.75. The summed E-state index contributed by atoms with van der Waals surface area (Å²) in [7, 11) is 1.57. The number of halogens is 1. The second-order valence-electron chi connectivity index (χ2n) is 8.46. The van der Waals surface area contributed by atoms with Crippen LogP contribution in [0.25, 0.3) is 0 Å². The molecule has 3 N–H and O–H groups in total. The van der Waals surface area contributed by atoms with Gasteiger partial charge < -0.3 is 24.8 Å². The Bertz CT molecular complexity index is 909. The Morgan fingerprint density at radius 3 is 1.94 bits per heavy atom. The average Bonchev–Trinajstić information content (AvgIpc) is 2.78. The molecule has 2 aromatic carbocycles. The van der Waals surface area contributed by atoms with E-state index in [2.05, 4.69) is 0 Å². The number of amidine groups is 1. The van der Waals surface area contributed by atoms with Crippen molar-refractivity contribution in [2.75, 3.05) is 20.3 Å². The van der Waals surface area contributed by atoms with Crippen molar-refractivity contribution in [1.82, 2.24) is 4.90 Å². The summed E-state index contributed by atoms with van der Waals surface area (Å²) in [6.45, 7) is 9.21. The van der Waals surface area contributed by atoms with E-state index in [0.717, 1.165) is 25.0 Å². The van der Waals surface area contributed by atoms with Crippen molar-refractivity contribution in [3.63, 3.8) is 0 Å². The van der Waals surface area contributed by atoms with Gasteiger partial charge in [-0.25, -0.2) is 0 Å². The van der Waals surface area contributed by atoms with Crippen molar-refractivity contribution < 1.29 is 19.0 Å². The Hall–Kier alpha value is -2.93. The summed E-state index contributed by atoms with van der Waals surface area (Å²) in [6, 6.07) is 12.8. The molecule has 2 aromatic rings. The zero-order valence-corrected chi connectivity index (χ0v) is 21.6. The van der Waals surface area contributed by atoms with Crippen LogP contribution in [0, 0.1) is 5.41 Å². The molecule has 0 heterocycles. The number of nitrogens with one attached hydrogen (secondary N) is 1. The number of rotatable bonds is 13. The van der Waals surface area contributed by atoms with Gasteiger partial charge in [-0.2, -0.15) is 0 Å². The molecule has 0 saturated carbocycles. The van der Waals surface area contributed by atoms with Crippen molar-refractivity contribution in [1.29, 1.82) is 5.41 Å². The number of hydrogen-bond acceptors (Lipinski definition) is 5. The summed E-state index contributed by atoms with van der Waals surface area (Å²) in [5.41, 5.74) is 6.65. The maximum absolute atomic E-state index is 13.1.